The summed E-state index contributed by atoms with van der Waals surface area (Å²) in [6, 6.07) is -3.68. The van der Waals surface area contributed by atoms with Gasteiger partial charge in [-0.3, -0.25) is 38.4 Å². The summed E-state index contributed by atoms with van der Waals surface area (Å²) < 4.78 is 6.68. The Morgan fingerprint density at radius 3 is 1.76 bits per heavy atom. The molecule has 0 aliphatic heterocycles. The average molecular weight is 1080 g/mol. The minimum Gasteiger partial charge on any atom is -0.480 e. The van der Waals surface area contributed by atoms with Crippen molar-refractivity contribution in [2.24, 2.45) is 18.7 Å². The Balaban J connectivity index is 2.23. The van der Waals surface area contributed by atoms with Gasteiger partial charge in [-0.15, -0.1) is 0 Å². The van der Waals surface area contributed by atoms with Crippen LogP contribution in [-0.2, 0) is 61.4 Å². The van der Waals surface area contributed by atoms with E-state index in [1.54, 1.807) is 51.2 Å². The molecule has 11 atom stereocenters. The molecule has 29 nitrogen and oxygen atoms in total. The molecule has 1 heterocycles. The van der Waals surface area contributed by atoms with Crippen LogP contribution < -0.4 is 43.0 Å². The Morgan fingerprint density at radius 2 is 1.28 bits per heavy atom. The Labute approximate surface area is 438 Å². The molecular weight excluding hydrogens is 1010 g/mol. The zero-order valence-corrected chi connectivity index (χ0v) is 43.8. The third-order valence-corrected chi connectivity index (χ3v) is 11.8. The van der Waals surface area contributed by atoms with E-state index in [1.807, 2.05) is 0 Å². The standard InChI is InChI=1S/C47H75N11O18/c1-23(2)15-25(38(65)54-27(21-60)45(72)73)52-43(70)37(47(5,6)75)56-39(66)26(20-59)53-42(69)36(46(3,4)74)55-31(61)19-51-40(67)28(16-24-13-11-10-12-14-24)58(8)44(71)35(64)34(63)30(76-9)18-50-41(68)32(48)33(62)29-17-49-22-57(29)7/h10-14,17,22-23,25-28,30,32-37,59-60,62-64,74-75H,15-16,18-21,48H2,1-9H3,(H,50,68)(H,51,67)(H,52,70)(H,53,69)(H,54,65)(H,55,61)(H,56,66)(H,72,73)/t25-,26-,27-,28-,30-,32+,33+,34-,35-,36+,37+/m0/s1. The molecule has 76 heavy (non-hydrogen) atoms. The number of likely N-dealkylation sites (N-methyl/N-ethyl adjacent to an activating group) is 1. The van der Waals surface area contributed by atoms with Gasteiger partial charge < -0.3 is 98.0 Å². The van der Waals surface area contributed by atoms with Crippen LogP contribution in [-0.4, -0.2) is 221 Å². The molecule has 426 valence electrons. The van der Waals surface area contributed by atoms with E-state index in [0.717, 1.165) is 46.8 Å². The lowest BCUT2D eigenvalue weighted by Crippen LogP contribution is -2.65. The van der Waals surface area contributed by atoms with Gasteiger partial charge in [-0.2, -0.15) is 0 Å². The van der Waals surface area contributed by atoms with Crippen LogP contribution in [0.5, 0.6) is 0 Å². The molecule has 0 bridgehead atoms. The first-order valence-electron chi connectivity index (χ1n) is 23.9. The summed E-state index contributed by atoms with van der Waals surface area (Å²) in [6.45, 7) is 4.25. The first kappa shape index (κ1) is 65.4. The highest BCUT2D eigenvalue weighted by Crippen LogP contribution is 2.17. The lowest BCUT2D eigenvalue weighted by atomic mass is 9.95. The fourth-order valence-corrected chi connectivity index (χ4v) is 7.33. The van der Waals surface area contributed by atoms with Crippen molar-refractivity contribution in [3.05, 3.63) is 54.1 Å². The number of hydrogen-bond acceptors (Lipinski definition) is 19. The second-order valence-corrected chi connectivity index (χ2v) is 19.5. The number of aliphatic carboxylic acids is 1. The van der Waals surface area contributed by atoms with Crippen LogP contribution in [0.1, 0.15) is 65.3 Å². The van der Waals surface area contributed by atoms with Gasteiger partial charge >= 0.3 is 5.97 Å². The topological polar surface area (TPSA) is 456 Å². The van der Waals surface area contributed by atoms with Crippen molar-refractivity contribution in [3.63, 3.8) is 0 Å². The number of aliphatic hydroxyl groups excluding tert-OH is 5. The Morgan fingerprint density at radius 1 is 0.750 bits per heavy atom. The van der Waals surface area contributed by atoms with Crippen LogP contribution in [0.15, 0.2) is 42.9 Å². The molecule has 29 heteroatoms. The second kappa shape index (κ2) is 29.6. The summed E-state index contributed by atoms with van der Waals surface area (Å²) in [4.78, 5) is 124. The molecule has 0 saturated heterocycles. The molecule has 0 aliphatic rings. The van der Waals surface area contributed by atoms with E-state index in [9.17, 15) is 84.0 Å². The molecule has 1 aromatic carbocycles. The summed E-state index contributed by atoms with van der Waals surface area (Å²) in [6.07, 6.45) is -4.78. The van der Waals surface area contributed by atoms with Crippen LogP contribution in [0, 0.1) is 5.92 Å². The maximum Gasteiger partial charge on any atom is 0.328 e. The summed E-state index contributed by atoms with van der Waals surface area (Å²) in [5.41, 5.74) is 2.46. The van der Waals surface area contributed by atoms with Gasteiger partial charge in [0.2, 0.25) is 41.4 Å². The number of carboxylic acids is 1. The van der Waals surface area contributed by atoms with E-state index in [4.69, 9.17) is 10.5 Å². The number of ether oxygens (including phenoxy) is 1. The van der Waals surface area contributed by atoms with Crippen molar-refractivity contribution in [2.45, 2.75) is 132 Å². The predicted octanol–water partition coefficient (Wildman–Crippen LogP) is -7.10. The van der Waals surface area contributed by atoms with Crippen molar-refractivity contribution >= 4 is 53.2 Å². The number of rotatable bonds is 31. The maximum atomic E-state index is 13.8. The molecule has 17 N–H and O–H groups in total. The second-order valence-electron chi connectivity index (χ2n) is 19.5. The van der Waals surface area contributed by atoms with Crippen LogP contribution in [0.4, 0.5) is 0 Å². The number of carbonyl (C=O) groups excluding carboxylic acids is 8. The number of carboxylic acid groups (broad SMARTS) is 1. The van der Waals surface area contributed by atoms with Crippen molar-refractivity contribution in [1.29, 1.82) is 0 Å². The highest BCUT2D eigenvalue weighted by atomic mass is 16.5. The molecule has 2 rings (SSSR count). The molecule has 0 fully saturated rings. The van der Waals surface area contributed by atoms with Gasteiger partial charge in [-0.05, 0) is 45.6 Å². The summed E-state index contributed by atoms with van der Waals surface area (Å²) in [5, 5.41) is 99.2. The number of aliphatic hydroxyl groups is 7. The number of aryl methyl sites for hydroxylation is 1. The minimum atomic E-state index is -2.27. The smallest absolute Gasteiger partial charge is 0.328 e. The predicted molar refractivity (Wildman–Crippen MR) is 265 cm³/mol. The highest BCUT2D eigenvalue weighted by Gasteiger charge is 2.42. The molecule has 2 aromatic rings. The number of amides is 8. The van der Waals surface area contributed by atoms with Gasteiger partial charge in [0.15, 0.2) is 6.10 Å². The summed E-state index contributed by atoms with van der Waals surface area (Å²) in [7, 11) is 3.82. The monoisotopic (exact) mass is 1080 g/mol. The fourth-order valence-electron chi connectivity index (χ4n) is 7.33. The van der Waals surface area contributed by atoms with E-state index in [0.29, 0.717) is 5.56 Å². The van der Waals surface area contributed by atoms with Gasteiger partial charge in [-0.1, -0.05) is 44.2 Å². The van der Waals surface area contributed by atoms with Crippen LogP contribution in [0.25, 0.3) is 0 Å². The summed E-state index contributed by atoms with van der Waals surface area (Å²) in [5.74, 6) is -10.7. The third-order valence-electron chi connectivity index (χ3n) is 11.8. The quantitative estimate of drug-likeness (QED) is 0.0334. The third kappa shape index (κ3) is 19.5. The number of carbonyl (C=O) groups is 9. The molecule has 0 spiro atoms. The number of nitrogens with two attached hydrogens (primary N) is 1. The van der Waals surface area contributed by atoms with Gasteiger partial charge in [0.05, 0.1) is 49.2 Å². The van der Waals surface area contributed by atoms with Crippen molar-refractivity contribution in [2.75, 3.05) is 40.5 Å². The first-order valence-corrected chi connectivity index (χ1v) is 23.9. The number of methoxy groups -OCH3 is 1. The van der Waals surface area contributed by atoms with E-state index in [2.05, 4.69) is 42.2 Å². The van der Waals surface area contributed by atoms with Gasteiger partial charge in [-0.25, -0.2) is 9.78 Å². The van der Waals surface area contributed by atoms with Gasteiger partial charge in [0.25, 0.3) is 5.91 Å². The maximum absolute atomic E-state index is 13.8. The molecule has 0 aliphatic carbocycles. The molecule has 0 radical (unpaired) electrons. The molecule has 1 aromatic heterocycles. The lowest BCUT2D eigenvalue weighted by molar-refractivity contribution is -0.156. The largest absolute Gasteiger partial charge is 0.480 e. The van der Waals surface area contributed by atoms with Crippen molar-refractivity contribution < 1.29 is 88.7 Å². The van der Waals surface area contributed by atoms with Crippen molar-refractivity contribution in [3.8, 4) is 0 Å². The van der Waals surface area contributed by atoms with E-state index in [1.165, 1.54) is 17.1 Å². The fraction of sp³-hybridized carbons (Fsp3) is 0.617. The van der Waals surface area contributed by atoms with Crippen LogP contribution >= 0.6 is 0 Å². The lowest BCUT2D eigenvalue weighted by Gasteiger charge is -2.33. The molecule has 8 amide bonds. The molecular formula is C47H75N11O18. The van der Waals surface area contributed by atoms with Crippen LogP contribution in [0.3, 0.4) is 0 Å². The highest BCUT2D eigenvalue weighted by molar-refractivity contribution is 5.97. The first-order chi connectivity index (χ1) is 35.3. The van der Waals surface area contributed by atoms with E-state index < -0.39 is 157 Å². The normalized spacial score (nSPS) is 16.1. The van der Waals surface area contributed by atoms with Gasteiger partial charge in [0.1, 0.15) is 60.6 Å². The SMILES string of the molecule is CO[C@@H](CNC(=O)[C@H](N)[C@H](O)c1cncn1C)[C@H](O)[C@H](O)C(=O)N(C)[C@@H](Cc1ccccc1)C(=O)NCC(=O)N[C@H](C(=O)N[C@@H](CO)C(=O)N[C@H](C(=O)N[C@@H](CC(C)C)C(=O)N[C@@H](CO)C(=O)O)C(C)(C)O)C(C)(C)O. The summed E-state index contributed by atoms with van der Waals surface area (Å²) >= 11 is 0. The van der Waals surface area contributed by atoms with Crippen LogP contribution in [0.2, 0.25) is 0 Å². The Bertz CT molecular complexity index is 2290. The molecule has 0 saturated carbocycles. The van der Waals surface area contributed by atoms with Gasteiger partial charge in [0, 0.05) is 34.2 Å². The zero-order valence-electron chi connectivity index (χ0n) is 43.8. The number of nitrogens with one attached hydrogen (secondary N) is 7. The number of benzene rings is 1. The number of hydrogen-bond donors (Lipinski definition) is 16. The Hall–Kier alpha value is -6.70. The number of imidazole rings is 1. The Kier molecular flexibility index (Phi) is 25.4. The average Bonchev–Trinajstić information content (AvgIpc) is 3.79. The zero-order chi connectivity index (χ0) is 58.0. The number of aromatic nitrogens is 2. The van der Waals surface area contributed by atoms with E-state index in [-0.39, 0.29) is 24.5 Å². The van der Waals surface area contributed by atoms with E-state index >= 15 is 0 Å². The minimum absolute atomic E-state index is 0.0640. The number of nitrogens with zero attached hydrogens (tertiary/aromatic N) is 3. The van der Waals surface area contributed by atoms with Crippen molar-refractivity contribution in [1.82, 2.24) is 51.7 Å². The molecule has 0 unspecified atom stereocenters.